The predicted octanol–water partition coefficient (Wildman–Crippen LogP) is 4.76. The third-order valence-corrected chi connectivity index (χ3v) is 4.42. The largest absolute Gasteiger partial charge is 0.295 e. The van der Waals surface area contributed by atoms with E-state index in [0.717, 1.165) is 26.2 Å². The van der Waals surface area contributed by atoms with Gasteiger partial charge in [0.25, 0.3) is 0 Å². The van der Waals surface area contributed by atoms with Gasteiger partial charge in [-0.25, -0.2) is 0 Å². The summed E-state index contributed by atoms with van der Waals surface area (Å²) in [5, 5.41) is 4.27. The van der Waals surface area contributed by atoms with E-state index < -0.39 is 0 Å². The van der Waals surface area contributed by atoms with Crippen LogP contribution in [0.2, 0.25) is 0 Å². The van der Waals surface area contributed by atoms with Crippen LogP contribution in [0.4, 0.5) is 0 Å². The van der Waals surface area contributed by atoms with Crippen molar-refractivity contribution in [2.75, 3.05) is 6.54 Å². The summed E-state index contributed by atoms with van der Waals surface area (Å²) in [4.78, 5) is 2.55. The molecule has 0 amide bonds. The fourth-order valence-corrected chi connectivity index (χ4v) is 3.12. The molecule has 0 N–H and O–H groups in total. The minimum Gasteiger partial charge on any atom is -0.295 e. The highest BCUT2D eigenvalue weighted by atomic mass is 15.3. The average Bonchev–Trinajstić information content (AvgIpc) is 3.16. The Morgan fingerprint density at radius 1 is 0.720 bits per heavy atom. The Morgan fingerprint density at radius 3 is 1.92 bits per heavy atom. The van der Waals surface area contributed by atoms with Gasteiger partial charge in [0, 0.05) is 32.0 Å². The van der Waals surface area contributed by atoms with E-state index in [9.17, 15) is 0 Å². The number of benzene rings is 2. The molecule has 0 unspecified atom stereocenters. The quantitative estimate of drug-likeness (QED) is 0.499. The van der Waals surface area contributed by atoms with Crippen molar-refractivity contribution >= 4 is 0 Å². The van der Waals surface area contributed by atoms with Gasteiger partial charge in [0.15, 0.2) is 0 Å². The molecule has 1 heterocycles. The molecule has 0 fully saturated rings. The lowest BCUT2D eigenvalue weighted by molar-refractivity contribution is 0.249. The molecule has 3 nitrogen and oxygen atoms in total. The Hall–Kier alpha value is -2.39. The number of hydrogen-bond donors (Lipinski definition) is 0. The summed E-state index contributed by atoms with van der Waals surface area (Å²) in [6.45, 7) is 4.16. The first-order valence-corrected chi connectivity index (χ1v) is 9.18. The minimum absolute atomic E-state index is 1.01. The Kier molecular flexibility index (Phi) is 6.83. The molecular weight excluding hydrogens is 306 g/mol. The highest BCUT2D eigenvalue weighted by Gasteiger charge is 2.07. The highest BCUT2D eigenvalue weighted by Crippen LogP contribution is 2.12. The number of rotatable bonds is 10. The maximum absolute atomic E-state index is 4.27. The SMILES string of the molecule is c1ccc(CN(CCCCCn2cccn2)Cc2ccccc2)cc1. The van der Waals surface area contributed by atoms with E-state index in [1.54, 1.807) is 0 Å². The van der Waals surface area contributed by atoms with Crippen LogP contribution in [0.25, 0.3) is 0 Å². The molecule has 3 aromatic rings. The van der Waals surface area contributed by atoms with E-state index in [0.29, 0.717) is 0 Å². The molecule has 2 aromatic carbocycles. The maximum Gasteiger partial charge on any atom is 0.0489 e. The number of aryl methyl sites for hydroxylation is 1. The third kappa shape index (κ3) is 6.20. The van der Waals surface area contributed by atoms with Gasteiger partial charge in [-0.05, 0) is 36.6 Å². The first kappa shape index (κ1) is 17.4. The van der Waals surface area contributed by atoms with Crippen molar-refractivity contribution < 1.29 is 0 Å². The summed E-state index contributed by atoms with van der Waals surface area (Å²) < 4.78 is 2.02. The van der Waals surface area contributed by atoms with Crippen molar-refractivity contribution in [1.29, 1.82) is 0 Å². The second-order valence-electron chi connectivity index (χ2n) is 6.51. The van der Waals surface area contributed by atoms with Crippen LogP contribution in [0.15, 0.2) is 79.1 Å². The van der Waals surface area contributed by atoms with E-state index in [2.05, 4.69) is 70.7 Å². The van der Waals surface area contributed by atoms with E-state index in [1.807, 2.05) is 23.1 Å². The van der Waals surface area contributed by atoms with Crippen LogP contribution in [0.5, 0.6) is 0 Å². The zero-order valence-electron chi connectivity index (χ0n) is 14.8. The van der Waals surface area contributed by atoms with Crippen LogP contribution in [-0.2, 0) is 19.6 Å². The Balaban J connectivity index is 1.48. The van der Waals surface area contributed by atoms with Crippen molar-refractivity contribution in [2.45, 2.75) is 38.9 Å². The minimum atomic E-state index is 1.01. The molecule has 0 spiro atoms. The van der Waals surface area contributed by atoms with Gasteiger partial charge in [-0.2, -0.15) is 5.10 Å². The number of nitrogens with zero attached hydrogens (tertiary/aromatic N) is 3. The molecule has 130 valence electrons. The Bertz CT molecular complexity index is 651. The smallest absolute Gasteiger partial charge is 0.0489 e. The van der Waals surface area contributed by atoms with Crippen LogP contribution < -0.4 is 0 Å². The van der Waals surface area contributed by atoms with Crippen LogP contribution in [0.3, 0.4) is 0 Å². The highest BCUT2D eigenvalue weighted by molar-refractivity contribution is 5.17. The van der Waals surface area contributed by atoms with Gasteiger partial charge in [0.05, 0.1) is 0 Å². The van der Waals surface area contributed by atoms with Gasteiger partial charge in [0.2, 0.25) is 0 Å². The average molecular weight is 333 g/mol. The van der Waals surface area contributed by atoms with Crippen molar-refractivity contribution in [3.63, 3.8) is 0 Å². The van der Waals surface area contributed by atoms with Crippen LogP contribution in [-0.4, -0.2) is 21.2 Å². The standard InChI is InChI=1S/C22H27N3/c1-4-11-21(12-5-1)19-24(20-22-13-6-2-7-14-22)16-8-3-9-17-25-18-10-15-23-25/h1-2,4-7,10-15,18H,3,8-9,16-17,19-20H2. The van der Waals surface area contributed by atoms with E-state index in [1.165, 1.54) is 30.4 Å². The first-order valence-electron chi connectivity index (χ1n) is 9.18. The van der Waals surface area contributed by atoms with Crippen molar-refractivity contribution in [3.05, 3.63) is 90.3 Å². The molecule has 0 aliphatic carbocycles. The fraction of sp³-hybridized carbons (Fsp3) is 0.318. The second-order valence-corrected chi connectivity index (χ2v) is 6.51. The summed E-state index contributed by atoms with van der Waals surface area (Å²) in [6, 6.07) is 23.5. The van der Waals surface area contributed by atoms with E-state index in [4.69, 9.17) is 0 Å². The molecule has 0 saturated heterocycles. The lowest BCUT2D eigenvalue weighted by Gasteiger charge is -2.22. The summed E-state index contributed by atoms with van der Waals surface area (Å²) in [7, 11) is 0. The number of unbranched alkanes of at least 4 members (excludes halogenated alkanes) is 2. The fourth-order valence-electron chi connectivity index (χ4n) is 3.12. The van der Waals surface area contributed by atoms with E-state index in [-0.39, 0.29) is 0 Å². The molecular formula is C22H27N3. The zero-order chi connectivity index (χ0) is 17.2. The lowest BCUT2D eigenvalue weighted by Crippen LogP contribution is -2.24. The second kappa shape index (κ2) is 9.80. The Morgan fingerprint density at radius 2 is 1.36 bits per heavy atom. The van der Waals surface area contributed by atoms with Crippen molar-refractivity contribution in [3.8, 4) is 0 Å². The van der Waals surface area contributed by atoms with Crippen LogP contribution in [0.1, 0.15) is 30.4 Å². The zero-order valence-corrected chi connectivity index (χ0v) is 14.8. The van der Waals surface area contributed by atoms with Gasteiger partial charge >= 0.3 is 0 Å². The van der Waals surface area contributed by atoms with Crippen molar-refractivity contribution in [2.24, 2.45) is 0 Å². The molecule has 0 bridgehead atoms. The normalized spacial score (nSPS) is 11.1. The molecule has 0 aliphatic rings. The summed E-state index contributed by atoms with van der Waals surface area (Å²) in [5.74, 6) is 0. The molecule has 25 heavy (non-hydrogen) atoms. The third-order valence-electron chi connectivity index (χ3n) is 4.42. The number of hydrogen-bond acceptors (Lipinski definition) is 2. The summed E-state index contributed by atoms with van der Waals surface area (Å²) in [5.41, 5.74) is 2.77. The van der Waals surface area contributed by atoms with Gasteiger partial charge in [0.1, 0.15) is 0 Å². The van der Waals surface area contributed by atoms with Gasteiger partial charge in [-0.3, -0.25) is 9.58 Å². The summed E-state index contributed by atoms with van der Waals surface area (Å²) in [6.07, 6.45) is 7.53. The topological polar surface area (TPSA) is 21.1 Å². The molecule has 0 atom stereocenters. The Labute approximate surface area is 150 Å². The molecule has 1 aromatic heterocycles. The van der Waals surface area contributed by atoms with Gasteiger partial charge < -0.3 is 0 Å². The van der Waals surface area contributed by atoms with Crippen LogP contribution in [0, 0.1) is 0 Å². The molecule has 3 rings (SSSR count). The van der Waals surface area contributed by atoms with E-state index >= 15 is 0 Å². The van der Waals surface area contributed by atoms with Gasteiger partial charge in [-0.1, -0.05) is 67.1 Å². The number of aromatic nitrogens is 2. The lowest BCUT2D eigenvalue weighted by atomic mass is 10.1. The van der Waals surface area contributed by atoms with Crippen LogP contribution >= 0.6 is 0 Å². The van der Waals surface area contributed by atoms with Crippen molar-refractivity contribution in [1.82, 2.24) is 14.7 Å². The molecule has 0 aliphatic heterocycles. The molecule has 0 saturated carbocycles. The predicted molar refractivity (Wildman–Crippen MR) is 103 cm³/mol. The monoisotopic (exact) mass is 333 g/mol. The maximum atomic E-state index is 4.27. The van der Waals surface area contributed by atoms with Gasteiger partial charge in [-0.15, -0.1) is 0 Å². The summed E-state index contributed by atoms with van der Waals surface area (Å²) >= 11 is 0. The first-order chi connectivity index (χ1) is 12.4. The molecule has 0 radical (unpaired) electrons. The molecule has 3 heteroatoms.